The number of nitrogens with zero attached hydrogens (tertiary/aromatic N) is 2. The lowest BCUT2D eigenvalue weighted by molar-refractivity contribution is 0.164. The van der Waals surface area contributed by atoms with Gasteiger partial charge in [0.05, 0.1) is 18.3 Å². The van der Waals surface area contributed by atoms with Crippen molar-refractivity contribution in [1.82, 2.24) is 15.1 Å². The number of halogens is 1. The molecular formula is C14H24ClN3O. The first-order valence-electron chi connectivity index (χ1n) is 7.15. The summed E-state index contributed by atoms with van der Waals surface area (Å²) in [5.41, 5.74) is 1.10. The maximum Gasteiger partial charge on any atom is 0.0762 e. The summed E-state index contributed by atoms with van der Waals surface area (Å²) >= 11 is 5.79. The fourth-order valence-electron chi connectivity index (χ4n) is 2.67. The van der Waals surface area contributed by atoms with Crippen LogP contribution in [-0.4, -0.2) is 35.4 Å². The number of nitrogens with one attached hydrogen (secondary N) is 1. The van der Waals surface area contributed by atoms with Gasteiger partial charge in [-0.25, -0.2) is 0 Å². The second-order valence-electron chi connectivity index (χ2n) is 5.24. The van der Waals surface area contributed by atoms with Crippen molar-refractivity contribution in [2.75, 3.05) is 19.6 Å². The van der Waals surface area contributed by atoms with Gasteiger partial charge < -0.3 is 10.1 Å². The molecule has 1 aromatic heterocycles. The number of hydrogen-bond donors (Lipinski definition) is 1. The van der Waals surface area contributed by atoms with Gasteiger partial charge in [-0.05, 0) is 25.3 Å². The Hall–Kier alpha value is -0.580. The molecule has 1 saturated carbocycles. The summed E-state index contributed by atoms with van der Waals surface area (Å²) in [6, 6.07) is 3.03. The molecule has 0 spiro atoms. The molecule has 1 fully saturated rings. The molecule has 5 heteroatoms. The van der Waals surface area contributed by atoms with Crippen LogP contribution in [0.3, 0.4) is 0 Å². The zero-order valence-electron chi connectivity index (χ0n) is 11.6. The molecule has 19 heavy (non-hydrogen) atoms. The minimum atomic E-state index is 0.305. The van der Waals surface area contributed by atoms with Crippen molar-refractivity contribution < 1.29 is 4.74 Å². The first-order chi connectivity index (χ1) is 9.33. The Morgan fingerprint density at radius 2 is 2.32 bits per heavy atom. The molecule has 0 saturated heterocycles. The average molecular weight is 286 g/mol. The van der Waals surface area contributed by atoms with E-state index in [9.17, 15) is 0 Å². The summed E-state index contributed by atoms with van der Waals surface area (Å²) in [7, 11) is 1.72. The van der Waals surface area contributed by atoms with Crippen LogP contribution in [0.25, 0.3) is 0 Å². The van der Waals surface area contributed by atoms with Crippen molar-refractivity contribution in [3.05, 3.63) is 18.0 Å². The van der Waals surface area contributed by atoms with E-state index in [1.807, 2.05) is 0 Å². The van der Waals surface area contributed by atoms with Crippen molar-refractivity contribution in [3.8, 4) is 0 Å². The zero-order valence-corrected chi connectivity index (χ0v) is 12.4. The van der Waals surface area contributed by atoms with E-state index in [0.29, 0.717) is 24.6 Å². The normalized spacial score (nSPS) is 18.0. The van der Waals surface area contributed by atoms with E-state index in [-0.39, 0.29) is 0 Å². The number of alkyl halides is 1. The Labute approximate surface area is 120 Å². The van der Waals surface area contributed by atoms with Gasteiger partial charge in [-0.15, -0.1) is 11.6 Å². The largest absolute Gasteiger partial charge is 0.383 e. The first kappa shape index (κ1) is 14.8. The lowest BCUT2D eigenvalue weighted by Crippen LogP contribution is -2.33. The predicted octanol–water partition coefficient (Wildman–Crippen LogP) is 2.73. The maximum atomic E-state index is 5.79. The topological polar surface area (TPSA) is 39.1 Å². The Kier molecular flexibility index (Phi) is 6.14. The molecule has 108 valence electrons. The molecule has 1 atom stereocenters. The number of aromatic nitrogens is 2. The first-order valence-corrected chi connectivity index (χ1v) is 7.69. The van der Waals surface area contributed by atoms with Gasteiger partial charge in [-0.2, -0.15) is 5.10 Å². The number of rotatable bonds is 8. The van der Waals surface area contributed by atoms with Crippen molar-refractivity contribution in [3.63, 3.8) is 0 Å². The number of hydrogen-bond acceptors (Lipinski definition) is 3. The maximum absolute atomic E-state index is 5.79. The molecule has 1 aliphatic rings. The summed E-state index contributed by atoms with van der Waals surface area (Å²) in [5, 5.41) is 8.12. The van der Waals surface area contributed by atoms with Crippen LogP contribution in [-0.2, 0) is 11.3 Å². The molecule has 0 amide bonds. The highest BCUT2D eigenvalue weighted by molar-refractivity contribution is 6.17. The van der Waals surface area contributed by atoms with Crippen LogP contribution in [0.2, 0.25) is 0 Å². The molecule has 1 heterocycles. The van der Waals surface area contributed by atoms with E-state index in [0.717, 1.165) is 18.7 Å². The van der Waals surface area contributed by atoms with Crippen molar-refractivity contribution >= 4 is 11.6 Å². The highest BCUT2D eigenvalue weighted by Gasteiger charge is 2.17. The van der Waals surface area contributed by atoms with Gasteiger partial charge in [-0.1, -0.05) is 12.8 Å². The van der Waals surface area contributed by atoms with E-state index < -0.39 is 0 Å². The average Bonchev–Trinajstić information content (AvgIpc) is 3.07. The third-order valence-electron chi connectivity index (χ3n) is 3.76. The second kappa shape index (κ2) is 7.88. The van der Waals surface area contributed by atoms with E-state index >= 15 is 0 Å². The Morgan fingerprint density at radius 1 is 1.53 bits per heavy atom. The van der Waals surface area contributed by atoms with Crippen molar-refractivity contribution in [1.29, 1.82) is 0 Å². The predicted molar refractivity (Wildman–Crippen MR) is 77.6 cm³/mol. The second-order valence-corrected chi connectivity index (χ2v) is 5.61. The van der Waals surface area contributed by atoms with Crippen LogP contribution >= 0.6 is 11.6 Å². The van der Waals surface area contributed by atoms with Gasteiger partial charge in [0.15, 0.2) is 0 Å². The molecular weight excluding hydrogens is 262 g/mol. The van der Waals surface area contributed by atoms with Crippen LogP contribution < -0.4 is 5.32 Å². The molecule has 0 bridgehead atoms. The Morgan fingerprint density at radius 3 is 3.00 bits per heavy atom. The molecule has 0 radical (unpaired) electrons. The fraction of sp³-hybridized carbons (Fsp3) is 0.786. The highest BCUT2D eigenvalue weighted by atomic mass is 35.5. The Bertz CT molecular complexity index is 357. The fourth-order valence-corrected chi connectivity index (χ4v) is 2.93. The Balaban J connectivity index is 1.81. The van der Waals surface area contributed by atoms with Crippen molar-refractivity contribution in [2.24, 2.45) is 0 Å². The summed E-state index contributed by atoms with van der Waals surface area (Å²) in [6.45, 7) is 1.47. The SMILES string of the molecule is COCC(CCCl)NCc1ccn(C2CCCC2)n1. The van der Waals surface area contributed by atoms with Crippen LogP contribution in [0.15, 0.2) is 12.3 Å². The lowest BCUT2D eigenvalue weighted by Gasteiger charge is -2.15. The lowest BCUT2D eigenvalue weighted by atomic mass is 10.2. The summed E-state index contributed by atoms with van der Waals surface area (Å²) in [5.74, 6) is 0.650. The summed E-state index contributed by atoms with van der Waals surface area (Å²) in [4.78, 5) is 0. The number of methoxy groups -OCH3 is 1. The summed E-state index contributed by atoms with van der Waals surface area (Å²) < 4.78 is 7.32. The van der Waals surface area contributed by atoms with Gasteiger partial charge in [0.2, 0.25) is 0 Å². The van der Waals surface area contributed by atoms with Crippen LogP contribution in [0.4, 0.5) is 0 Å². The van der Waals surface area contributed by atoms with E-state index in [1.54, 1.807) is 7.11 Å². The third-order valence-corrected chi connectivity index (χ3v) is 3.98. The molecule has 4 nitrogen and oxygen atoms in total. The zero-order chi connectivity index (χ0) is 13.5. The minimum absolute atomic E-state index is 0.305. The monoisotopic (exact) mass is 285 g/mol. The molecule has 1 aromatic rings. The van der Waals surface area contributed by atoms with Gasteiger partial charge in [0.1, 0.15) is 0 Å². The van der Waals surface area contributed by atoms with E-state index in [1.165, 1.54) is 25.7 Å². The van der Waals surface area contributed by atoms with Crippen LogP contribution in [0.5, 0.6) is 0 Å². The van der Waals surface area contributed by atoms with Crippen LogP contribution in [0, 0.1) is 0 Å². The van der Waals surface area contributed by atoms with Crippen LogP contribution in [0.1, 0.15) is 43.8 Å². The molecule has 1 aliphatic carbocycles. The standard InChI is InChI=1S/C14H24ClN3O/c1-19-11-13(6-8-15)16-10-12-7-9-18(17-12)14-4-2-3-5-14/h7,9,13-14,16H,2-6,8,10-11H2,1H3. The van der Waals surface area contributed by atoms with Gasteiger partial charge in [0.25, 0.3) is 0 Å². The quantitative estimate of drug-likeness (QED) is 0.747. The smallest absolute Gasteiger partial charge is 0.0762 e. The van der Waals surface area contributed by atoms with Gasteiger partial charge >= 0.3 is 0 Å². The molecule has 1 N–H and O–H groups in total. The summed E-state index contributed by atoms with van der Waals surface area (Å²) in [6.07, 6.45) is 8.24. The van der Waals surface area contributed by atoms with Gasteiger partial charge in [-0.3, -0.25) is 4.68 Å². The molecule has 2 rings (SSSR count). The third kappa shape index (κ3) is 4.48. The molecule has 0 aliphatic heterocycles. The molecule has 0 aromatic carbocycles. The number of ether oxygens (including phenoxy) is 1. The van der Waals surface area contributed by atoms with Gasteiger partial charge in [0, 0.05) is 31.8 Å². The molecule has 1 unspecified atom stereocenters. The van der Waals surface area contributed by atoms with E-state index in [4.69, 9.17) is 16.3 Å². The van der Waals surface area contributed by atoms with E-state index in [2.05, 4.69) is 27.4 Å². The highest BCUT2D eigenvalue weighted by Crippen LogP contribution is 2.28. The minimum Gasteiger partial charge on any atom is -0.383 e. The van der Waals surface area contributed by atoms with Crippen molar-refractivity contribution in [2.45, 2.75) is 50.7 Å².